The lowest BCUT2D eigenvalue weighted by molar-refractivity contribution is -0.170. The van der Waals surface area contributed by atoms with Crippen LogP contribution in [0.4, 0.5) is 0 Å². The number of ether oxygens (including phenoxy) is 1. The van der Waals surface area contributed by atoms with Crippen molar-refractivity contribution >= 4 is 0 Å². The SMILES string of the molecule is C=C(C)[C@H]1CC[C@H]2[C@@H]3CC[C@@H]4C[C@@](O)(COC)CC[C@]4(CC)[C@H]3CC[C@]12C. The maximum Gasteiger partial charge on any atom is 0.0883 e. The number of fused-ring (bicyclic) bond motifs is 5. The second kappa shape index (κ2) is 6.87. The fourth-order valence-electron chi connectivity index (χ4n) is 9.05. The van der Waals surface area contributed by atoms with Gasteiger partial charge in [-0.2, -0.15) is 0 Å². The molecule has 0 aromatic rings. The van der Waals surface area contributed by atoms with E-state index in [2.05, 4.69) is 27.4 Å². The first-order chi connectivity index (χ1) is 12.8. The number of allylic oxidation sites excluding steroid dienone is 1. The molecular formula is C25H42O2. The van der Waals surface area contributed by atoms with Crippen molar-refractivity contribution in [1.82, 2.24) is 0 Å². The van der Waals surface area contributed by atoms with Gasteiger partial charge in [0, 0.05) is 7.11 Å². The first-order valence-electron chi connectivity index (χ1n) is 11.7. The summed E-state index contributed by atoms with van der Waals surface area (Å²) >= 11 is 0. The average molecular weight is 375 g/mol. The highest BCUT2D eigenvalue weighted by Gasteiger charge is 2.62. The zero-order valence-electron chi connectivity index (χ0n) is 18.2. The molecule has 0 spiro atoms. The normalized spacial score (nSPS) is 52.0. The second-order valence-electron chi connectivity index (χ2n) is 11.1. The van der Waals surface area contributed by atoms with Gasteiger partial charge in [0.25, 0.3) is 0 Å². The van der Waals surface area contributed by atoms with Crippen LogP contribution in [-0.4, -0.2) is 24.4 Å². The molecule has 0 heterocycles. The minimum atomic E-state index is -0.577. The third-order valence-corrected chi connectivity index (χ3v) is 10.2. The smallest absolute Gasteiger partial charge is 0.0883 e. The predicted molar refractivity (Wildman–Crippen MR) is 111 cm³/mol. The molecule has 4 rings (SSSR count). The lowest BCUT2D eigenvalue weighted by atomic mass is 9.42. The molecular weight excluding hydrogens is 332 g/mol. The molecule has 154 valence electrons. The molecule has 4 aliphatic carbocycles. The molecule has 0 unspecified atom stereocenters. The monoisotopic (exact) mass is 374 g/mol. The molecule has 0 aliphatic heterocycles. The standard InChI is InChI=1S/C25H42O2/c1-6-25-14-13-24(26,16-27-5)15-18(25)7-8-19-21-10-9-20(17(2)3)23(21,4)12-11-22(19)25/h18-22,26H,2,6-16H2,1,3-5H3/t18-,19+,20-,21+,22+,23-,24-,25+/m1/s1. The van der Waals surface area contributed by atoms with Crippen molar-refractivity contribution in [3.63, 3.8) is 0 Å². The van der Waals surface area contributed by atoms with E-state index in [1.54, 1.807) is 7.11 Å². The topological polar surface area (TPSA) is 29.5 Å². The molecule has 0 aromatic carbocycles. The van der Waals surface area contributed by atoms with E-state index in [1.807, 2.05) is 0 Å². The van der Waals surface area contributed by atoms with Crippen molar-refractivity contribution in [3.05, 3.63) is 12.2 Å². The van der Waals surface area contributed by atoms with E-state index < -0.39 is 5.60 Å². The van der Waals surface area contributed by atoms with Crippen LogP contribution in [0.3, 0.4) is 0 Å². The summed E-state index contributed by atoms with van der Waals surface area (Å²) in [7, 11) is 1.73. The van der Waals surface area contributed by atoms with E-state index in [0.29, 0.717) is 23.4 Å². The van der Waals surface area contributed by atoms with Crippen LogP contribution in [0.2, 0.25) is 0 Å². The highest BCUT2D eigenvalue weighted by atomic mass is 16.5. The van der Waals surface area contributed by atoms with Gasteiger partial charge in [-0.1, -0.05) is 26.0 Å². The maximum absolute atomic E-state index is 11.1. The van der Waals surface area contributed by atoms with Crippen molar-refractivity contribution in [2.24, 2.45) is 40.4 Å². The highest BCUT2D eigenvalue weighted by molar-refractivity contribution is 5.16. The quantitative estimate of drug-likeness (QED) is 0.613. The molecule has 0 bridgehead atoms. The molecule has 0 saturated heterocycles. The Labute approximate surface area is 167 Å². The van der Waals surface area contributed by atoms with Gasteiger partial charge in [-0.25, -0.2) is 0 Å². The summed E-state index contributed by atoms with van der Waals surface area (Å²) in [5.41, 5.74) is 1.83. The first kappa shape index (κ1) is 20.0. The fraction of sp³-hybridized carbons (Fsp3) is 0.920. The van der Waals surface area contributed by atoms with Gasteiger partial charge in [0.1, 0.15) is 0 Å². The summed E-state index contributed by atoms with van der Waals surface area (Å²) in [6, 6.07) is 0. The molecule has 0 amide bonds. The second-order valence-corrected chi connectivity index (χ2v) is 11.1. The Balaban J connectivity index is 1.60. The van der Waals surface area contributed by atoms with Gasteiger partial charge in [0.15, 0.2) is 0 Å². The molecule has 27 heavy (non-hydrogen) atoms. The average Bonchev–Trinajstić information content (AvgIpc) is 2.99. The van der Waals surface area contributed by atoms with Gasteiger partial charge in [0.2, 0.25) is 0 Å². The van der Waals surface area contributed by atoms with Crippen molar-refractivity contribution in [1.29, 1.82) is 0 Å². The van der Waals surface area contributed by atoms with Crippen LogP contribution in [0.25, 0.3) is 0 Å². The van der Waals surface area contributed by atoms with Crippen LogP contribution in [-0.2, 0) is 4.74 Å². The zero-order chi connectivity index (χ0) is 19.4. The first-order valence-corrected chi connectivity index (χ1v) is 11.7. The Morgan fingerprint density at radius 2 is 1.85 bits per heavy atom. The third kappa shape index (κ3) is 2.88. The lowest BCUT2D eigenvalue weighted by Gasteiger charge is -2.63. The summed E-state index contributed by atoms with van der Waals surface area (Å²) in [6.07, 6.45) is 12.7. The highest BCUT2D eigenvalue weighted by Crippen LogP contribution is 2.69. The van der Waals surface area contributed by atoms with Gasteiger partial charge >= 0.3 is 0 Å². The molecule has 1 N–H and O–H groups in total. The Hall–Kier alpha value is -0.340. The van der Waals surface area contributed by atoms with Crippen LogP contribution in [0, 0.1) is 40.4 Å². The molecule has 0 aromatic heterocycles. The molecule has 8 atom stereocenters. The Kier molecular flexibility index (Phi) is 5.08. The predicted octanol–water partition coefficient (Wildman–Crippen LogP) is 5.99. The number of aliphatic hydroxyl groups is 1. The summed E-state index contributed by atoms with van der Waals surface area (Å²) in [4.78, 5) is 0. The number of rotatable bonds is 4. The molecule has 4 saturated carbocycles. The number of methoxy groups -OCH3 is 1. The molecule has 2 nitrogen and oxygen atoms in total. The van der Waals surface area contributed by atoms with E-state index in [4.69, 9.17) is 4.74 Å². The van der Waals surface area contributed by atoms with E-state index in [9.17, 15) is 5.11 Å². The summed E-state index contributed by atoms with van der Waals surface area (Å²) in [5.74, 6) is 4.15. The van der Waals surface area contributed by atoms with Crippen LogP contribution >= 0.6 is 0 Å². The maximum atomic E-state index is 11.1. The van der Waals surface area contributed by atoms with Crippen molar-refractivity contribution in [3.8, 4) is 0 Å². The van der Waals surface area contributed by atoms with Crippen molar-refractivity contribution in [2.45, 2.75) is 90.6 Å². The minimum absolute atomic E-state index is 0.478. The van der Waals surface area contributed by atoms with E-state index >= 15 is 0 Å². The molecule has 2 heteroatoms. The van der Waals surface area contributed by atoms with Crippen molar-refractivity contribution < 1.29 is 9.84 Å². The van der Waals surface area contributed by atoms with Crippen LogP contribution in [0.1, 0.15) is 85.0 Å². The van der Waals surface area contributed by atoms with E-state index in [-0.39, 0.29) is 0 Å². The largest absolute Gasteiger partial charge is 0.387 e. The summed E-state index contributed by atoms with van der Waals surface area (Å²) in [6.45, 7) is 12.2. The summed E-state index contributed by atoms with van der Waals surface area (Å²) in [5, 5.41) is 11.1. The number of hydrogen-bond donors (Lipinski definition) is 1. The van der Waals surface area contributed by atoms with Crippen LogP contribution < -0.4 is 0 Å². The molecule has 0 radical (unpaired) electrons. The third-order valence-electron chi connectivity index (χ3n) is 10.2. The Bertz CT molecular complexity index is 585. The van der Waals surface area contributed by atoms with Crippen LogP contribution in [0.5, 0.6) is 0 Å². The Morgan fingerprint density at radius 1 is 1.07 bits per heavy atom. The zero-order valence-corrected chi connectivity index (χ0v) is 18.2. The molecule has 4 aliphatic rings. The lowest BCUT2D eigenvalue weighted by Crippen LogP contribution is -2.57. The number of hydrogen-bond acceptors (Lipinski definition) is 2. The van der Waals surface area contributed by atoms with Gasteiger partial charge in [-0.05, 0) is 112 Å². The van der Waals surface area contributed by atoms with Gasteiger partial charge in [-0.15, -0.1) is 0 Å². The molecule has 4 fully saturated rings. The van der Waals surface area contributed by atoms with Crippen molar-refractivity contribution in [2.75, 3.05) is 13.7 Å². The van der Waals surface area contributed by atoms with Gasteiger partial charge in [-0.3, -0.25) is 0 Å². The minimum Gasteiger partial charge on any atom is -0.387 e. The Morgan fingerprint density at radius 3 is 2.52 bits per heavy atom. The van der Waals surface area contributed by atoms with Gasteiger partial charge < -0.3 is 9.84 Å². The van der Waals surface area contributed by atoms with Crippen LogP contribution in [0.15, 0.2) is 12.2 Å². The summed E-state index contributed by atoms with van der Waals surface area (Å²) < 4.78 is 5.38. The van der Waals surface area contributed by atoms with Gasteiger partial charge in [0.05, 0.1) is 12.2 Å². The van der Waals surface area contributed by atoms with E-state index in [0.717, 1.165) is 36.5 Å². The fourth-order valence-corrected chi connectivity index (χ4v) is 9.05. The van der Waals surface area contributed by atoms with E-state index in [1.165, 1.54) is 56.9 Å².